The maximum atomic E-state index is 13.8. The molecule has 14 atom stereocenters. The number of aliphatic hydroxyl groups excluding tert-OH is 8. The Kier molecular flexibility index (Phi) is 12.4. The summed E-state index contributed by atoms with van der Waals surface area (Å²) >= 11 is 0. The fourth-order valence-corrected chi connectivity index (χ4v) is 7.28. The topological polar surface area (TPSA) is 386 Å². The Hall–Kier alpha value is -5.54. The molecule has 3 aliphatic heterocycles. The normalized spacial score (nSPS) is 32.7. The number of rotatable bonds is 9. The molecule has 4 unspecified atom stereocenters. The van der Waals surface area contributed by atoms with Gasteiger partial charge < -0.3 is 104 Å². The Balaban J connectivity index is 1.39. The number of phenols is 6. The first-order valence-corrected chi connectivity index (χ1v) is 18.7. The van der Waals surface area contributed by atoms with Gasteiger partial charge >= 0.3 is 5.97 Å². The Bertz CT molecular complexity index is 2340. The van der Waals surface area contributed by atoms with Crippen molar-refractivity contribution in [1.29, 1.82) is 0 Å². The molecule has 7 rings (SSSR count). The smallest absolute Gasteiger partial charge is 0.339 e. The molecule has 0 bridgehead atoms. The summed E-state index contributed by atoms with van der Waals surface area (Å²) in [6.45, 7) is -0.242. The summed E-state index contributed by atoms with van der Waals surface area (Å²) in [7, 11) is 0. The Labute approximate surface area is 347 Å². The molecule has 62 heavy (non-hydrogen) atoms. The van der Waals surface area contributed by atoms with E-state index in [-0.39, 0.29) is 11.3 Å². The number of carbonyl (C=O) groups is 1. The molecule has 0 radical (unpaired) electrons. The summed E-state index contributed by atoms with van der Waals surface area (Å²) in [4.78, 5) is 27.2. The highest BCUT2D eigenvalue weighted by Gasteiger charge is 2.52. The van der Waals surface area contributed by atoms with Crippen LogP contribution in [-0.2, 0) is 23.7 Å². The molecular weight excluding hydrogens is 836 g/mol. The van der Waals surface area contributed by atoms with E-state index in [4.69, 9.17) is 32.8 Å². The Morgan fingerprint density at radius 2 is 1.40 bits per heavy atom. The Morgan fingerprint density at radius 1 is 0.726 bits per heavy atom. The zero-order valence-corrected chi connectivity index (χ0v) is 32.0. The van der Waals surface area contributed by atoms with Crippen LogP contribution in [-0.4, -0.2) is 170 Å². The molecular formula is C39H42O23. The monoisotopic (exact) mass is 878 g/mol. The molecule has 0 spiro atoms. The first-order valence-electron chi connectivity index (χ1n) is 18.7. The van der Waals surface area contributed by atoms with E-state index < -0.39 is 173 Å². The highest BCUT2D eigenvalue weighted by atomic mass is 16.7. The SMILES string of the molecule is C[C@@H]1O[C@@H](c2c(O[C@@H]3O[C@H](CO)[C@@H](O)[C@H](O)[C@H]3OC(=O)c3cc(O)c(O)c(O)c3)cc3oc(-c4ccc(O)c(O)c4)cc(=O)c3c2O)[C@H](OC2OCC(O)C(O)C2O)[C@H](O)[C@H]1O. The van der Waals surface area contributed by atoms with Gasteiger partial charge in [0.1, 0.15) is 89.3 Å². The van der Waals surface area contributed by atoms with Crippen molar-refractivity contribution in [2.75, 3.05) is 13.2 Å². The average molecular weight is 879 g/mol. The number of hydrogen-bond acceptors (Lipinski definition) is 23. The second-order valence-corrected chi connectivity index (χ2v) is 14.8. The third-order valence-corrected chi connectivity index (χ3v) is 10.7. The number of aliphatic hydroxyl groups is 8. The number of fused-ring (bicyclic) bond motifs is 1. The van der Waals surface area contributed by atoms with Crippen molar-refractivity contribution in [2.24, 2.45) is 0 Å². The van der Waals surface area contributed by atoms with Crippen LogP contribution in [0.3, 0.4) is 0 Å². The average Bonchev–Trinajstić information content (AvgIpc) is 3.23. The van der Waals surface area contributed by atoms with Crippen molar-refractivity contribution in [3.05, 3.63) is 63.8 Å². The van der Waals surface area contributed by atoms with Gasteiger partial charge in [0.15, 0.2) is 46.6 Å². The van der Waals surface area contributed by atoms with E-state index in [2.05, 4.69) is 0 Å². The molecule has 4 heterocycles. The maximum Gasteiger partial charge on any atom is 0.339 e. The Morgan fingerprint density at radius 3 is 2.06 bits per heavy atom. The predicted octanol–water partition coefficient (Wildman–Crippen LogP) is -2.26. The zero-order chi connectivity index (χ0) is 45.1. The summed E-state index contributed by atoms with van der Waals surface area (Å²) in [5, 5.41) is 147. The van der Waals surface area contributed by atoms with E-state index in [9.17, 15) is 81.1 Å². The van der Waals surface area contributed by atoms with Crippen LogP contribution in [0.1, 0.15) is 28.9 Å². The largest absolute Gasteiger partial charge is 0.506 e. The summed E-state index contributed by atoms with van der Waals surface area (Å²) in [6.07, 6.45) is -26.0. The minimum absolute atomic E-state index is 0.0514. The molecule has 3 saturated heterocycles. The van der Waals surface area contributed by atoms with Gasteiger partial charge in [0.2, 0.25) is 6.29 Å². The van der Waals surface area contributed by atoms with Crippen molar-refractivity contribution in [3.8, 4) is 51.6 Å². The van der Waals surface area contributed by atoms with Crippen LogP contribution in [0.4, 0.5) is 0 Å². The van der Waals surface area contributed by atoms with Gasteiger partial charge in [-0.2, -0.15) is 0 Å². The van der Waals surface area contributed by atoms with Crippen molar-refractivity contribution in [1.82, 2.24) is 0 Å². The van der Waals surface area contributed by atoms with Crippen LogP contribution in [0.2, 0.25) is 0 Å². The molecule has 3 aliphatic rings. The van der Waals surface area contributed by atoms with Crippen LogP contribution in [0, 0.1) is 0 Å². The van der Waals surface area contributed by atoms with Gasteiger partial charge in [0, 0.05) is 17.7 Å². The highest BCUT2D eigenvalue weighted by Crippen LogP contribution is 2.48. The van der Waals surface area contributed by atoms with Crippen LogP contribution < -0.4 is 10.2 Å². The fraction of sp³-hybridized carbons (Fsp3) is 0.436. The molecule has 3 aromatic carbocycles. The van der Waals surface area contributed by atoms with E-state index in [1.165, 1.54) is 13.0 Å². The molecule has 4 aromatic rings. The number of esters is 1. The van der Waals surface area contributed by atoms with Gasteiger partial charge in [0.05, 0.1) is 30.4 Å². The number of benzene rings is 3. The first kappa shape index (κ1) is 44.5. The molecule has 3 fully saturated rings. The van der Waals surface area contributed by atoms with Crippen molar-refractivity contribution in [3.63, 3.8) is 0 Å². The van der Waals surface area contributed by atoms with Crippen LogP contribution in [0.15, 0.2) is 51.7 Å². The second-order valence-electron chi connectivity index (χ2n) is 14.8. The van der Waals surface area contributed by atoms with E-state index in [0.29, 0.717) is 12.1 Å². The maximum absolute atomic E-state index is 13.8. The zero-order valence-electron chi connectivity index (χ0n) is 32.0. The fourth-order valence-electron chi connectivity index (χ4n) is 7.28. The molecule has 0 saturated carbocycles. The second kappa shape index (κ2) is 17.3. The third-order valence-electron chi connectivity index (χ3n) is 10.7. The lowest BCUT2D eigenvalue weighted by Gasteiger charge is -2.45. The minimum Gasteiger partial charge on any atom is -0.506 e. The number of phenolic OH excluding ortho intramolecular Hbond substituents is 6. The molecule has 14 N–H and O–H groups in total. The van der Waals surface area contributed by atoms with E-state index in [1.54, 1.807) is 0 Å². The first-order chi connectivity index (χ1) is 29.3. The van der Waals surface area contributed by atoms with E-state index >= 15 is 0 Å². The molecule has 0 amide bonds. The van der Waals surface area contributed by atoms with Gasteiger partial charge in [0.25, 0.3) is 0 Å². The van der Waals surface area contributed by atoms with Gasteiger partial charge in [-0.05, 0) is 37.3 Å². The molecule has 1 aromatic heterocycles. The number of hydrogen-bond donors (Lipinski definition) is 14. The number of aromatic hydroxyl groups is 6. The van der Waals surface area contributed by atoms with Crippen molar-refractivity contribution < 1.29 is 109 Å². The lowest BCUT2D eigenvalue weighted by atomic mass is 9.89. The summed E-state index contributed by atoms with van der Waals surface area (Å²) in [5.41, 5.74) is -2.56. The number of ether oxygens (including phenoxy) is 6. The molecule has 23 heteroatoms. The highest BCUT2D eigenvalue weighted by molar-refractivity contribution is 5.91. The van der Waals surface area contributed by atoms with Gasteiger partial charge in [-0.3, -0.25) is 4.79 Å². The van der Waals surface area contributed by atoms with E-state index in [1.807, 2.05) is 0 Å². The molecule has 336 valence electrons. The van der Waals surface area contributed by atoms with Gasteiger partial charge in [-0.1, -0.05) is 0 Å². The van der Waals surface area contributed by atoms with Gasteiger partial charge in [-0.25, -0.2) is 4.79 Å². The predicted molar refractivity (Wildman–Crippen MR) is 200 cm³/mol. The van der Waals surface area contributed by atoms with E-state index in [0.717, 1.165) is 24.3 Å². The van der Waals surface area contributed by atoms with Crippen molar-refractivity contribution in [2.45, 2.75) is 92.8 Å². The van der Waals surface area contributed by atoms with Crippen LogP contribution in [0.5, 0.6) is 40.2 Å². The van der Waals surface area contributed by atoms with Crippen LogP contribution >= 0.6 is 0 Å². The van der Waals surface area contributed by atoms with Crippen molar-refractivity contribution >= 4 is 16.9 Å². The quantitative estimate of drug-likeness (QED) is 0.0623. The lowest BCUT2D eigenvalue weighted by Crippen LogP contribution is -2.61. The van der Waals surface area contributed by atoms with Gasteiger partial charge in [-0.15, -0.1) is 0 Å². The summed E-state index contributed by atoms with van der Waals surface area (Å²) < 4.78 is 40.5. The summed E-state index contributed by atoms with van der Waals surface area (Å²) in [5.74, 6) is -7.28. The standard InChI is InChI=1S/C39H42O23/c1-11-26(47)31(52)35(62-38-33(54)28(49)19(46)10-56-38)34(57-11)25-22(8-21-24(30(25)51)16(43)7-20(58-21)12-2-3-14(41)15(42)4-12)59-39-36(32(53)29(50)23(9-40)60-39)61-37(55)13-5-17(44)27(48)18(45)6-13/h2-8,11,19,23,26,28-29,31-36,38-42,44-54H,9-10H2,1H3/t11-,19?,23+,26-,28?,29+,31+,32-,33?,34-,35+,36+,38?,39+/m0/s1. The van der Waals surface area contributed by atoms with Crippen LogP contribution in [0.25, 0.3) is 22.3 Å². The number of carbonyl (C=O) groups excluding carboxylic acids is 1. The summed E-state index contributed by atoms with van der Waals surface area (Å²) in [6, 6.07) is 6.69. The molecule has 23 nitrogen and oxygen atoms in total. The molecule has 0 aliphatic carbocycles. The lowest BCUT2D eigenvalue weighted by molar-refractivity contribution is -0.323. The third kappa shape index (κ3) is 8.12. The minimum atomic E-state index is -2.15.